The summed E-state index contributed by atoms with van der Waals surface area (Å²) in [7, 11) is 1.58. The minimum Gasteiger partial charge on any atom is -0.495 e. The van der Waals surface area contributed by atoms with Crippen LogP contribution in [-0.4, -0.2) is 19.7 Å². The molecule has 0 radical (unpaired) electrons. The van der Waals surface area contributed by atoms with Gasteiger partial charge in [0.1, 0.15) is 12.4 Å². The largest absolute Gasteiger partial charge is 0.495 e. The normalized spacial score (nSPS) is 13.7. The fourth-order valence-electron chi connectivity index (χ4n) is 2.90. The lowest BCUT2D eigenvalue weighted by molar-refractivity contribution is 0.212. The van der Waals surface area contributed by atoms with Crippen LogP contribution >= 0.6 is 0 Å². The highest BCUT2D eigenvalue weighted by Gasteiger charge is 2.18. The van der Waals surface area contributed by atoms with E-state index in [4.69, 9.17) is 9.47 Å². The van der Waals surface area contributed by atoms with Gasteiger partial charge in [0.25, 0.3) is 0 Å². The molecule has 1 aliphatic rings. The van der Waals surface area contributed by atoms with Gasteiger partial charge in [-0.05, 0) is 40.3 Å². The Labute approximate surface area is 166 Å². The number of allylic oxidation sites excluding steroid dienone is 2. The first-order chi connectivity index (χ1) is 13.4. The standard InChI is InChI=1S/C23H26N2O3/c1-23(2,3)18-10-11-20(27-4)19(15-18)24-22(26)25-21-14-17(12-13-28-21)16-8-6-5-7-9-16/h5-12,14-15H,13H2,1-4H3,(H2,24,25,26). The predicted molar refractivity (Wildman–Crippen MR) is 112 cm³/mol. The summed E-state index contributed by atoms with van der Waals surface area (Å²) in [5.41, 5.74) is 3.76. The molecule has 0 saturated heterocycles. The molecule has 5 nitrogen and oxygen atoms in total. The van der Waals surface area contributed by atoms with E-state index in [9.17, 15) is 4.79 Å². The van der Waals surface area contributed by atoms with Gasteiger partial charge in [0.05, 0.1) is 12.8 Å². The number of urea groups is 1. The summed E-state index contributed by atoms with van der Waals surface area (Å²) in [5, 5.41) is 5.63. The van der Waals surface area contributed by atoms with Crippen molar-refractivity contribution < 1.29 is 14.3 Å². The van der Waals surface area contributed by atoms with Crippen molar-refractivity contribution in [2.24, 2.45) is 0 Å². The number of anilines is 1. The molecule has 1 aliphatic heterocycles. The average Bonchev–Trinajstić information content (AvgIpc) is 2.68. The van der Waals surface area contributed by atoms with E-state index in [0.717, 1.165) is 16.7 Å². The van der Waals surface area contributed by atoms with E-state index >= 15 is 0 Å². The van der Waals surface area contributed by atoms with Crippen LogP contribution in [0.25, 0.3) is 5.57 Å². The van der Waals surface area contributed by atoms with Crippen molar-refractivity contribution in [1.82, 2.24) is 5.32 Å². The third-order valence-corrected chi connectivity index (χ3v) is 4.49. The molecular formula is C23H26N2O3. The molecular weight excluding hydrogens is 352 g/mol. The van der Waals surface area contributed by atoms with Gasteiger partial charge < -0.3 is 14.8 Å². The Hall–Kier alpha value is -3.21. The maximum absolute atomic E-state index is 12.5. The van der Waals surface area contributed by atoms with Crippen molar-refractivity contribution in [1.29, 1.82) is 0 Å². The van der Waals surface area contributed by atoms with Crippen LogP contribution in [0.15, 0.2) is 66.6 Å². The van der Waals surface area contributed by atoms with Crippen LogP contribution in [0.4, 0.5) is 10.5 Å². The summed E-state index contributed by atoms with van der Waals surface area (Å²) in [6.07, 6.45) is 3.80. The fraction of sp³-hybridized carbons (Fsp3) is 0.261. The summed E-state index contributed by atoms with van der Waals surface area (Å²) in [4.78, 5) is 12.5. The van der Waals surface area contributed by atoms with E-state index in [-0.39, 0.29) is 11.4 Å². The van der Waals surface area contributed by atoms with Crippen molar-refractivity contribution in [2.75, 3.05) is 19.0 Å². The number of ether oxygens (including phenoxy) is 2. The number of methoxy groups -OCH3 is 1. The van der Waals surface area contributed by atoms with Crippen molar-refractivity contribution in [3.63, 3.8) is 0 Å². The lowest BCUT2D eigenvalue weighted by Crippen LogP contribution is -2.30. The van der Waals surface area contributed by atoms with Gasteiger partial charge in [-0.3, -0.25) is 5.32 Å². The Balaban J connectivity index is 1.74. The molecule has 0 bridgehead atoms. The maximum atomic E-state index is 12.5. The molecule has 0 aliphatic carbocycles. The van der Waals surface area contributed by atoms with E-state index in [1.54, 1.807) is 7.11 Å². The van der Waals surface area contributed by atoms with Gasteiger partial charge in [0, 0.05) is 6.08 Å². The fourth-order valence-corrected chi connectivity index (χ4v) is 2.90. The summed E-state index contributed by atoms with van der Waals surface area (Å²) < 4.78 is 10.9. The zero-order chi connectivity index (χ0) is 20.1. The predicted octanol–water partition coefficient (Wildman–Crippen LogP) is 5.07. The third-order valence-electron chi connectivity index (χ3n) is 4.49. The van der Waals surface area contributed by atoms with Gasteiger partial charge >= 0.3 is 6.03 Å². The van der Waals surface area contributed by atoms with Crippen LogP contribution in [0, 0.1) is 0 Å². The van der Waals surface area contributed by atoms with Crippen LogP contribution in [-0.2, 0) is 10.2 Å². The van der Waals surface area contributed by atoms with Gasteiger partial charge in [0.15, 0.2) is 5.88 Å². The average molecular weight is 378 g/mol. The molecule has 0 unspecified atom stereocenters. The molecule has 2 aromatic rings. The lowest BCUT2D eigenvalue weighted by atomic mass is 9.87. The highest BCUT2D eigenvalue weighted by molar-refractivity contribution is 5.92. The van der Waals surface area contributed by atoms with Gasteiger partial charge in [0.2, 0.25) is 0 Å². The number of hydrogen-bond acceptors (Lipinski definition) is 3. The second kappa shape index (κ2) is 8.21. The first-order valence-corrected chi connectivity index (χ1v) is 9.23. The first kappa shape index (κ1) is 19.5. The molecule has 5 heteroatoms. The van der Waals surface area contributed by atoms with Crippen LogP contribution in [0.1, 0.15) is 31.9 Å². The van der Waals surface area contributed by atoms with Crippen molar-refractivity contribution in [3.05, 3.63) is 77.7 Å². The molecule has 0 spiro atoms. The summed E-state index contributed by atoms with van der Waals surface area (Å²) in [5.74, 6) is 1.01. The molecule has 0 aromatic heterocycles. The van der Waals surface area contributed by atoms with Crippen LogP contribution in [0.2, 0.25) is 0 Å². The number of nitrogens with one attached hydrogen (secondary N) is 2. The molecule has 0 atom stereocenters. The summed E-state index contributed by atoms with van der Waals surface area (Å²) in [6.45, 7) is 6.77. The van der Waals surface area contributed by atoms with Crippen LogP contribution < -0.4 is 15.4 Å². The van der Waals surface area contributed by atoms with Gasteiger partial charge in [-0.2, -0.15) is 0 Å². The Morgan fingerprint density at radius 2 is 1.82 bits per heavy atom. The van der Waals surface area contributed by atoms with E-state index in [1.807, 2.05) is 60.7 Å². The second-order valence-corrected chi connectivity index (χ2v) is 7.59. The van der Waals surface area contributed by atoms with Crippen LogP contribution in [0.5, 0.6) is 5.75 Å². The zero-order valence-corrected chi connectivity index (χ0v) is 16.7. The monoisotopic (exact) mass is 378 g/mol. The smallest absolute Gasteiger partial charge is 0.326 e. The Morgan fingerprint density at radius 3 is 2.50 bits per heavy atom. The topological polar surface area (TPSA) is 59.6 Å². The summed E-state index contributed by atoms with van der Waals surface area (Å²) >= 11 is 0. The van der Waals surface area contributed by atoms with E-state index in [2.05, 4.69) is 31.4 Å². The van der Waals surface area contributed by atoms with Crippen molar-refractivity contribution >= 4 is 17.3 Å². The molecule has 2 N–H and O–H groups in total. The van der Waals surface area contributed by atoms with E-state index in [1.165, 1.54) is 0 Å². The molecule has 1 heterocycles. The van der Waals surface area contributed by atoms with Gasteiger partial charge in [-0.15, -0.1) is 0 Å². The quantitative estimate of drug-likeness (QED) is 0.781. The van der Waals surface area contributed by atoms with Crippen molar-refractivity contribution in [2.45, 2.75) is 26.2 Å². The summed E-state index contributed by atoms with van der Waals surface area (Å²) in [6, 6.07) is 15.4. The zero-order valence-electron chi connectivity index (χ0n) is 16.7. The van der Waals surface area contributed by atoms with Gasteiger partial charge in [-0.25, -0.2) is 4.79 Å². The minimum atomic E-state index is -0.384. The second-order valence-electron chi connectivity index (χ2n) is 7.59. The molecule has 28 heavy (non-hydrogen) atoms. The molecule has 146 valence electrons. The minimum absolute atomic E-state index is 0.0381. The van der Waals surface area contributed by atoms with Crippen molar-refractivity contribution in [3.8, 4) is 5.75 Å². The van der Waals surface area contributed by atoms with Gasteiger partial charge in [-0.1, -0.05) is 57.2 Å². The number of benzene rings is 2. The highest BCUT2D eigenvalue weighted by atomic mass is 16.5. The number of carbonyl (C=O) groups is 1. The first-order valence-electron chi connectivity index (χ1n) is 9.23. The van der Waals surface area contributed by atoms with E-state index in [0.29, 0.717) is 23.9 Å². The number of amides is 2. The number of carbonyl (C=O) groups excluding carboxylic acids is 1. The molecule has 0 saturated carbocycles. The Morgan fingerprint density at radius 1 is 1.07 bits per heavy atom. The Bertz CT molecular complexity index is 909. The molecule has 2 amide bonds. The molecule has 0 fully saturated rings. The maximum Gasteiger partial charge on any atom is 0.326 e. The molecule has 2 aromatic carbocycles. The Kier molecular flexibility index (Phi) is 5.73. The SMILES string of the molecule is COc1ccc(C(C)(C)C)cc1NC(=O)NC1=CC(c2ccccc2)=CCO1. The van der Waals surface area contributed by atoms with Crippen LogP contribution in [0.3, 0.4) is 0 Å². The number of rotatable bonds is 4. The third kappa shape index (κ3) is 4.74. The number of hydrogen-bond donors (Lipinski definition) is 2. The lowest BCUT2D eigenvalue weighted by Gasteiger charge is -2.21. The molecule has 3 rings (SSSR count). The van der Waals surface area contributed by atoms with E-state index < -0.39 is 0 Å². The highest BCUT2D eigenvalue weighted by Crippen LogP contribution is 2.31.